The summed E-state index contributed by atoms with van der Waals surface area (Å²) in [5.41, 5.74) is 1.38. The molecular formula is C12H18N2. The third-order valence-corrected chi connectivity index (χ3v) is 2.92. The van der Waals surface area contributed by atoms with Crippen molar-refractivity contribution in [2.75, 3.05) is 13.1 Å². The molecule has 2 atom stereocenters. The number of benzene rings is 1. The standard InChI is InChI=1S/C12H18N2/c1-2-11-8-14-12(9-13-11)10-6-4-3-5-7-10/h3-7,11-14H,2,8-9H2,1H3. The van der Waals surface area contributed by atoms with Gasteiger partial charge >= 0.3 is 0 Å². The van der Waals surface area contributed by atoms with Gasteiger partial charge in [-0.25, -0.2) is 0 Å². The highest BCUT2D eigenvalue weighted by Crippen LogP contribution is 2.14. The largest absolute Gasteiger partial charge is 0.311 e. The molecule has 0 radical (unpaired) electrons. The Balaban J connectivity index is 1.96. The molecule has 0 aromatic heterocycles. The molecule has 1 aliphatic rings. The first kappa shape index (κ1) is 9.69. The molecule has 1 saturated heterocycles. The normalized spacial score (nSPS) is 27.5. The Hall–Kier alpha value is -0.860. The van der Waals surface area contributed by atoms with Crippen LogP contribution in [0.3, 0.4) is 0 Å². The second kappa shape index (κ2) is 4.58. The first-order valence-electron chi connectivity index (χ1n) is 5.42. The van der Waals surface area contributed by atoms with Crippen molar-refractivity contribution in [2.45, 2.75) is 25.4 Å². The summed E-state index contributed by atoms with van der Waals surface area (Å²) < 4.78 is 0. The van der Waals surface area contributed by atoms with Crippen LogP contribution < -0.4 is 10.6 Å². The van der Waals surface area contributed by atoms with Crippen molar-refractivity contribution >= 4 is 0 Å². The van der Waals surface area contributed by atoms with Crippen molar-refractivity contribution in [1.82, 2.24) is 10.6 Å². The van der Waals surface area contributed by atoms with E-state index >= 15 is 0 Å². The number of hydrogen-bond acceptors (Lipinski definition) is 2. The first-order valence-corrected chi connectivity index (χ1v) is 5.42. The molecule has 2 N–H and O–H groups in total. The summed E-state index contributed by atoms with van der Waals surface area (Å²) >= 11 is 0. The van der Waals surface area contributed by atoms with Gasteiger partial charge in [-0.1, -0.05) is 37.3 Å². The lowest BCUT2D eigenvalue weighted by Gasteiger charge is -2.30. The van der Waals surface area contributed by atoms with Crippen molar-refractivity contribution < 1.29 is 0 Å². The van der Waals surface area contributed by atoms with E-state index in [4.69, 9.17) is 0 Å². The van der Waals surface area contributed by atoms with Crippen molar-refractivity contribution in [3.05, 3.63) is 35.9 Å². The number of rotatable bonds is 2. The van der Waals surface area contributed by atoms with Gasteiger partial charge in [-0.2, -0.15) is 0 Å². The molecule has 1 aliphatic heterocycles. The minimum Gasteiger partial charge on any atom is -0.311 e. The maximum absolute atomic E-state index is 3.57. The van der Waals surface area contributed by atoms with Crippen LogP contribution in [0.1, 0.15) is 24.9 Å². The Kier molecular flexibility index (Phi) is 3.17. The third-order valence-electron chi connectivity index (χ3n) is 2.92. The zero-order valence-electron chi connectivity index (χ0n) is 8.66. The maximum Gasteiger partial charge on any atom is 0.0447 e. The van der Waals surface area contributed by atoms with Crippen LogP contribution in [-0.2, 0) is 0 Å². The molecule has 14 heavy (non-hydrogen) atoms. The summed E-state index contributed by atoms with van der Waals surface area (Å²) in [6, 6.07) is 11.8. The molecule has 1 heterocycles. The lowest BCUT2D eigenvalue weighted by atomic mass is 10.0. The Labute approximate surface area is 85.7 Å². The van der Waals surface area contributed by atoms with Crippen LogP contribution in [0.25, 0.3) is 0 Å². The molecule has 1 fully saturated rings. The summed E-state index contributed by atoms with van der Waals surface area (Å²) in [5.74, 6) is 0. The van der Waals surface area contributed by atoms with Gasteiger partial charge in [0, 0.05) is 25.2 Å². The van der Waals surface area contributed by atoms with Gasteiger partial charge in [-0.15, -0.1) is 0 Å². The number of piperazine rings is 1. The monoisotopic (exact) mass is 190 g/mol. The minimum atomic E-state index is 0.485. The average molecular weight is 190 g/mol. The van der Waals surface area contributed by atoms with Crippen LogP contribution >= 0.6 is 0 Å². The zero-order chi connectivity index (χ0) is 9.80. The van der Waals surface area contributed by atoms with Gasteiger partial charge in [-0.3, -0.25) is 0 Å². The number of hydrogen-bond donors (Lipinski definition) is 2. The molecule has 0 amide bonds. The first-order chi connectivity index (χ1) is 6.90. The van der Waals surface area contributed by atoms with Crippen molar-refractivity contribution in [3.8, 4) is 0 Å². The van der Waals surface area contributed by atoms with E-state index in [2.05, 4.69) is 47.9 Å². The van der Waals surface area contributed by atoms with Crippen LogP contribution in [0, 0.1) is 0 Å². The fourth-order valence-electron chi connectivity index (χ4n) is 1.92. The van der Waals surface area contributed by atoms with Crippen LogP contribution in [0.2, 0.25) is 0 Å². The Morgan fingerprint density at radius 3 is 2.50 bits per heavy atom. The van der Waals surface area contributed by atoms with Gasteiger partial charge in [0.1, 0.15) is 0 Å². The lowest BCUT2D eigenvalue weighted by Crippen LogP contribution is -2.49. The average Bonchev–Trinajstić information content (AvgIpc) is 2.30. The number of nitrogens with one attached hydrogen (secondary N) is 2. The molecule has 0 bridgehead atoms. The highest BCUT2D eigenvalue weighted by molar-refractivity contribution is 5.19. The molecule has 0 spiro atoms. The summed E-state index contributed by atoms with van der Waals surface area (Å²) in [5, 5.41) is 7.13. The van der Waals surface area contributed by atoms with E-state index in [9.17, 15) is 0 Å². The molecule has 0 saturated carbocycles. The van der Waals surface area contributed by atoms with Crippen molar-refractivity contribution in [3.63, 3.8) is 0 Å². The van der Waals surface area contributed by atoms with Crippen molar-refractivity contribution in [2.24, 2.45) is 0 Å². The van der Waals surface area contributed by atoms with Gasteiger partial charge in [0.05, 0.1) is 0 Å². The molecular weight excluding hydrogens is 172 g/mol. The molecule has 2 heteroatoms. The molecule has 2 unspecified atom stereocenters. The smallest absolute Gasteiger partial charge is 0.0447 e. The van der Waals surface area contributed by atoms with Crippen LogP contribution in [0.15, 0.2) is 30.3 Å². The highest BCUT2D eigenvalue weighted by Gasteiger charge is 2.18. The Morgan fingerprint density at radius 2 is 1.93 bits per heavy atom. The van der Waals surface area contributed by atoms with Gasteiger partial charge < -0.3 is 10.6 Å². The Bertz CT molecular complexity index is 263. The summed E-state index contributed by atoms with van der Waals surface area (Å²) in [6.45, 7) is 4.35. The molecule has 2 nitrogen and oxygen atoms in total. The second-order valence-electron chi connectivity index (χ2n) is 3.88. The quantitative estimate of drug-likeness (QED) is 0.741. The van der Waals surface area contributed by atoms with E-state index in [0.717, 1.165) is 13.1 Å². The highest BCUT2D eigenvalue weighted by atomic mass is 15.1. The minimum absolute atomic E-state index is 0.485. The van der Waals surface area contributed by atoms with Crippen LogP contribution in [0.4, 0.5) is 0 Å². The third kappa shape index (κ3) is 2.14. The van der Waals surface area contributed by atoms with Gasteiger partial charge in [0.25, 0.3) is 0 Å². The van der Waals surface area contributed by atoms with E-state index in [1.807, 2.05) is 0 Å². The van der Waals surface area contributed by atoms with Crippen molar-refractivity contribution in [1.29, 1.82) is 0 Å². The topological polar surface area (TPSA) is 24.1 Å². The molecule has 2 rings (SSSR count). The van der Waals surface area contributed by atoms with E-state index in [1.54, 1.807) is 0 Å². The second-order valence-corrected chi connectivity index (χ2v) is 3.88. The van der Waals surface area contributed by atoms with E-state index < -0.39 is 0 Å². The van der Waals surface area contributed by atoms with E-state index in [1.165, 1.54) is 12.0 Å². The van der Waals surface area contributed by atoms with E-state index in [-0.39, 0.29) is 0 Å². The van der Waals surface area contributed by atoms with Crippen LogP contribution in [-0.4, -0.2) is 19.1 Å². The molecule has 1 aromatic rings. The van der Waals surface area contributed by atoms with Gasteiger partial charge in [-0.05, 0) is 12.0 Å². The molecule has 76 valence electrons. The van der Waals surface area contributed by atoms with Gasteiger partial charge in [0.15, 0.2) is 0 Å². The fourth-order valence-corrected chi connectivity index (χ4v) is 1.92. The maximum atomic E-state index is 3.57. The van der Waals surface area contributed by atoms with E-state index in [0.29, 0.717) is 12.1 Å². The molecule has 1 aromatic carbocycles. The fraction of sp³-hybridized carbons (Fsp3) is 0.500. The summed E-state index contributed by atoms with van der Waals surface area (Å²) in [4.78, 5) is 0. The SMILES string of the molecule is CCC1CNC(c2ccccc2)CN1. The predicted octanol–water partition coefficient (Wildman–Crippen LogP) is 1.70. The van der Waals surface area contributed by atoms with Gasteiger partial charge in [0.2, 0.25) is 0 Å². The summed E-state index contributed by atoms with van der Waals surface area (Å²) in [6.07, 6.45) is 1.20. The molecule has 0 aliphatic carbocycles. The predicted molar refractivity (Wildman–Crippen MR) is 59.3 cm³/mol. The lowest BCUT2D eigenvalue weighted by molar-refractivity contribution is 0.345. The van der Waals surface area contributed by atoms with Crippen LogP contribution in [0.5, 0.6) is 0 Å². The zero-order valence-corrected chi connectivity index (χ0v) is 8.66. The Morgan fingerprint density at radius 1 is 1.14 bits per heavy atom. The summed E-state index contributed by atoms with van der Waals surface area (Å²) in [7, 11) is 0.